The molecule has 1 amide bonds. The fourth-order valence-corrected chi connectivity index (χ4v) is 2.07. The minimum atomic E-state index is -0.214. The van der Waals surface area contributed by atoms with Crippen molar-refractivity contribution < 1.29 is 4.79 Å². The lowest BCUT2D eigenvalue weighted by atomic mass is 9.92. The molecule has 2 aromatic heterocycles. The third-order valence-electron chi connectivity index (χ3n) is 3.24. The Labute approximate surface area is 130 Å². The number of carbonyl (C=O) groups excluding carboxylic acids is 1. The molecule has 2 aromatic rings. The Morgan fingerprint density at radius 3 is 2.59 bits per heavy atom. The highest BCUT2D eigenvalue weighted by Gasteiger charge is 2.22. The standard InChI is InChI=1S/C15H24N6O/c1-15(2,3)12-8-11(21(6)19-12)14(22)16-13-7-10(17-18-13)9-20(4)5/h7-8H,9H2,1-6H3,(H2,16,17,18,22). The van der Waals surface area contributed by atoms with Crippen molar-refractivity contribution in [3.63, 3.8) is 0 Å². The maximum Gasteiger partial charge on any atom is 0.275 e. The Hall–Kier alpha value is -2.15. The Morgan fingerprint density at radius 1 is 1.36 bits per heavy atom. The van der Waals surface area contributed by atoms with Crippen LogP contribution in [0.4, 0.5) is 5.82 Å². The summed E-state index contributed by atoms with van der Waals surface area (Å²) in [6.07, 6.45) is 0. The minimum Gasteiger partial charge on any atom is -0.304 e. The number of aromatic nitrogens is 4. The molecule has 0 aliphatic rings. The molecule has 2 rings (SSSR count). The van der Waals surface area contributed by atoms with Crippen molar-refractivity contribution in [2.45, 2.75) is 32.7 Å². The molecule has 0 fully saturated rings. The molecule has 22 heavy (non-hydrogen) atoms. The number of hydrogen-bond acceptors (Lipinski definition) is 4. The van der Waals surface area contributed by atoms with Gasteiger partial charge in [0.1, 0.15) is 5.69 Å². The highest BCUT2D eigenvalue weighted by Crippen LogP contribution is 2.21. The van der Waals surface area contributed by atoms with Crippen molar-refractivity contribution in [3.05, 3.63) is 29.2 Å². The van der Waals surface area contributed by atoms with Crippen molar-refractivity contribution in [2.75, 3.05) is 19.4 Å². The third-order valence-corrected chi connectivity index (χ3v) is 3.24. The molecular weight excluding hydrogens is 280 g/mol. The predicted molar refractivity (Wildman–Crippen MR) is 85.8 cm³/mol. The van der Waals surface area contributed by atoms with Crippen LogP contribution in [0.2, 0.25) is 0 Å². The fourth-order valence-electron chi connectivity index (χ4n) is 2.07. The number of aromatic amines is 1. The zero-order chi connectivity index (χ0) is 16.5. The van der Waals surface area contributed by atoms with E-state index in [0.29, 0.717) is 11.5 Å². The van der Waals surface area contributed by atoms with E-state index < -0.39 is 0 Å². The van der Waals surface area contributed by atoms with E-state index in [1.807, 2.05) is 31.1 Å². The topological polar surface area (TPSA) is 78.8 Å². The number of nitrogens with zero attached hydrogens (tertiary/aromatic N) is 4. The van der Waals surface area contributed by atoms with Crippen LogP contribution in [0.3, 0.4) is 0 Å². The molecule has 120 valence electrons. The number of amides is 1. The first kappa shape index (κ1) is 16.2. The van der Waals surface area contributed by atoms with Gasteiger partial charge in [0.25, 0.3) is 5.91 Å². The molecule has 0 atom stereocenters. The molecule has 0 unspecified atom stereocenters. The molecule has 0 radical (unpaired) electrons. The zero-order valence-corrected chi connectivity index (χ0v) is 14.1. The Bertz CT molecular complexity index is 662. The maximum absolute atomic E-state index is 12.4. The number of nitrogens with one attached hydrogen (secondary N) is 2. The van der Waals surface area contributed by atoms with Gasteiger partial charge in [0.05, 0.1) is 11.4 Å². The highest BCUT2D eigenvalue weighted by atomic mass is 16.2. The normalized spacial score (nSPS) is 12.0. The first-order valence-electron chi connectivity index (χ1n) is 7.21. The average Bonchev–Trinajstić information content (AvgIpc) is 2.94. The van der Waals surface area contributed by atoms with Crippen LogP contribution in [0.5, 0.6) is 0 Å². The van der Waals surface area contributed by atoms with Crippen LogP contribution in [0.15, 0.2) is 12.1 Å². The van der Waals surface area contributed by atoms with Gasteiger partial charge in [0, 0.05) is 25.1 Å². The minimum absolute atomic E-state index is 0.0957. The van der Waals surface area contributed by atoms with Gasteiger partial charge in [-0.25, -0.2) is 0 Å². The van der Waals surface area contributed by atoms with Gasteiger partial charge in [0.15, 0.2) is 5.82 Å². The average molecular weight is 304 g/mol. The molecule has 7 nitrogen and oxygen atoms in total. The first-order valence-corrected chi connectivity index (χ1v) is 7.21. The van der Waals surface area contributed by atoms with Gasteiger partial charge < -0.3 is 10.2 Å². The summed E-state index contributed by atoms with van der Waals surface area (Å²) >= 11 is 0. The second kappa shape index (κ2) is 5.92. The Morgan fingerprint density at radius 2 is 2.05 bits per heavy atom. The molecule has 0 bridgehead atoms. The molecule has 0 saturated heterocycles. The highest BCUT2D eigenvalue weighted by molar-refractivity contribution is 6.02. The predicted octanol–water partition coefficient (Wildman–Crippen LogP) is 1.75. The van der Waals surface area contributed by atoms with Crippen molar-refractivity contribution >= 4 is 11.7 Å². The fraction of sp³-hybridized carbons (Fsp3) is 0.533. The van der Waals surface area contributed by atoms with E-state index in [1.54, 1.807) is 11.7 Å². The Kier molecular flexibility index (Phi) is 4.37. The molecular formula is C15H24N6O. The van der Waals surface area contributed by atoms with Crippen LogP contribution in [0, 0.1) is 0 Å². The van der Waals surface area contributed by atoms with Gasteiger partial charge in [0.2, 0.25) is 0 Å². The molecule has 0 spiro atoms. The molecule has 0 aromatic carbocycles. The van der Waals surface area contributed by atoms with Gasteiger partial charge in [-0.3, -0.25) is 14.6 Å². The van der Waals surface area contributed by atoms with E-state index in [9.17, 15) is 4.79 Å². The summed E-state index contributed by atoms with van der Waals surface area (Å²) in [6, 6.07) is 3.65. The third kappa shape index (κ3) is 3.73. The Balaban J connectivity index is 2.12. The number of hydrogen-bond donors (Lipinski definition) is 2. The molecule has 7 heteroatoms. The maximum atomic E-state index is 12.4. The van der Waals surface area contributed by atoms with Crippen LogP contribution >= 0.6 is 0 Å². The second-order valence-corrected chi connectivity index (χ2v) is 6.76. The summed E-state index contributed by atoms with van der Waals surface area (Å²) in [7, 11) is 5.72. The van der Waals surface area contributed by atoms with Gasteiger partial charge in [-0.15, -0.1) is 0 Å². The van der Waals surface area contributed by atoms with Crippen molar-refractivity contribution in [3.8, 4) is 0 Å². The van der Waals surface area contributed by atoms with Crippen LogP contribution in [-0.2, 0) is 19.0 Å². The van der Waals surface area contributed by atoms with E-state index in [2.05, 4.69) is 41.4 Å². The van der Waals surface area contributed by atoms with E-state index >= 15 is 0 Å². The van der Waals surface area contributed by atoms with E-state index in [0.717, 1.165) is 17.9 Å². The molecule has 0 saturated carbocycles. The van der Waals surface area contributed by atoms with E-state index in [4.69, 9.17) is 0 Å². The molecule has 0 aliphatic heterocycles. The number of aryl methyl sites for hydroxylation is 1. The number of rotatable bonds is 4. The van der Waals surface area contributed by atoms with Crippen LogP contribution in [0.25, 0.3) is 0 Å². The van der Waals surface area contributed by atoms with E-state index in [1.165, 1.54) is 0 Å². The van der Waals surface area contributed by atoms with Crippen LogP contribution < -0.4 is 5.32 Å². The summed E-state index contributed by atoms with van der Waals surface area (Å²) in [5.74, 6) is 0.300. The molecule has 0 aliphatic carbocycles. The lowest BCUT2D eigenvalue weighted by Crippen LogP contribution is -2.16. The number of H-pyrrole nitrogens is 1. The SMILES string of the molecule is CN(C)Cc1cc(NC(=O)c2cc(C(C)(C)C)nn2C)n[nH]1. The largest absolute Gasteiger partial charge is 0.304 e. The lowest BCUT2D eigenvalue weighted by Gasteiger charge is -2.13. The quantitative estimate of drug-likeness (QED) is 0.902. The van der Waals surface area contributed by atoms with Crippen LogP contribution in [0.1, 0.15) is 42.6 Å². The van der Waals surface area contributed by atoms with Crippen LogP contribution in [-0.4, -0.2) is 44.9 Å². The first-order chi connectivity index (χ1) is 10.2. The second-order valence-electron chi connectivity index (χ2n) is 6.76. The van der Waals surface area contributed by atoms with Gasteiger partial charge >= 0.3 is 0 Å². The summed E-state index contributed by atoms with van der Waals surface area (Å²) in [6.45, 7) is 6.94. The summed E-state index contributed by atoms with van der Waals surface area (Å²) in [5.41, 5.74) is 2.25. The lowest BCUT2D eigenvalue weighted by molar-refractivity contribution is 0.101. The monoisotopic (exact) mass is 304 g/mol. The zero-order valence-electron chi connectivity index (χ0n) is 14.1. The summed E-state index contributed by atoms with van der Waals surface area (Å²) in [4.78, 5) is 14.4. The van der Waals surface area contributed by atoms with Crippen molar-refractivity contribution in [1.82, 2.24) is 24.9 Å². The smallest absolute Gasteiger partial charge is 0.275 e. The van der Waals surface area contributed by atoms with Gasteiger partial charge in [-0.05, 0) is 20.2 Å². The number of anilines is 1. The van der Waals surface area contributed by atoms with Gasteiger partial charge in [-0.1, -0.05) is 20.8 Å². The molecule has 2 heterocycles. The van der Waals surface area contributed by atoms with Gasteiger partial charge in [-0.2, -0.15) is 10.2 Å². The number of carbonyl (C=O) groups is 1. The summed E-state index contributed by atoms with van der Waals surface area (Å²) in [5, 5.41) is 14.2. The molecule has 2 N–H and O–H groups in total. The summed E-state index contributed by atoms with van der Waals surface area (Å²) < 4.78 is 1.60. The van der Waals surface area contributed by atoms with Crippen molar-refractivity contribution in [2.24, 2.45) is 7.05 Å². The van der Waals surface area contributed by atoms with Crippen molar-refractivity contribution in [1.29, 1.82) is 0 Å². The van der Waals surface area contributed by atoms with E-state index in [-0.39, 0.29) is 11.3 Å².